The van der Waals surface area contributed by atoms with Crippen molar-refractivity contribution < 1.29 is 18.9 Å². The number of carbonyl (C=O) groups is 2. The number of urea groups is 1. The smallest absolute Gasteiger partial charge is 0.317 e. The monoisotopic (exact) mass is 290 g/mol. The number of aliphatic carboxylic acids is 1. The number of hydrogen-bond donors (Lipinski definition) is 2. The number of rotatable bonds is 5. The van der Waals surface area contributed by atoms with Crippen molar-refractivity contribution in [1.29, 1.82) is 0 Å². The van der Waals surface area contributed by atoms with Gasteiger partial charge in [-0.25, -0.2) is 4.79 Å². The van der Waals surface area contributed by atoms with Crippen molar-refractivity contribution in [3.63, 3.8) is 0 Å². The van der Waals surface area contributed by atoms with E-state index in [1.165, 1.54) is 0 Å². The first kappa shape index (κ1) is 15.9. The van der Waals surface area contributed by atoms with Crippen LogP contribution in [0.15, 0.2) is 0 Å². The minimum atomic E-state index is -0.943. The molecule has 19 heavy (non-hydrogen) atoms. The zero-order valence-corrected chi connectivity index (χ0v) is 12.2. The van der Waals surface area contributed by atoms with E-state index in [9.17, 15) is 13.8 Å². The van der Waals surface area contributed by atoms with Gasteiger partial charge in [-0.1, -0.05) is 0 Å². The second kappa shape index (κ2) is 7.47. The van der Waals surface area contributed by atoms with Gasteiger partial charge in [0.1, 0.15) is 0 Å². The zero-order valence-electron chi connectivity index (χ0n) is 11.4. The third-order valence-electron chi connectivity index (χ3n) is 3.12. The van der Waals surface area contributed by atoms with Crippen LogP contribution in [0.5, 0.6) is 0 Å². The highest BCUT2D eigenvalue weighted by molar-refractivity contribution is 7.84. The van der Waals surface area contributed by atoms with Crippen LogP contribution in [-0.2, 0) is 15.6 Å². The molecule has 0 aromatic carbocycles. The van der Waals surface area contributed by atoms with E-state index in [0.29, 0.717) is 18.8 Å². The predicted octanol–water partition coefficient (Wildman–Crippen LogP) is 0.650. The van der Waals surface area contributed by atoms with Crippen molar-refractivity contribution in [1.82, 2.24) is 10.2 Å². The van der Waals surface area contributed by atoms with E-state index in [-0.39, 0.29) is 24.4 Å². The van der Waals surface area contributed by atoms with Crippen molar-refractivity contribution >= 4 is 22.8 Å². The third kappa shape index (κ3) is 6.04. The summed E-state index contributed by atoms with van der Waals surface area (Å²) >= 11 is 0. The number of carbonyl (C=O) groups excluding carboxylic acids is 1. The Bertz CT molecular complexity index is 362. The van der Waals surface area contributed by atoms with Gasteiger partial charge in [0.05, 0.1) is 0 Å². The standard InChI is InChI=1S/C12H22N2O4S/c1-9(8-19(2)18)13-12(17)14-5-3-4-10(7-14)6-11(15)16/h9-10H,3-8H2,1-2H3,(H,13,17)(H,15,16). The van der Waals surface area contributed by atoms with Gasteiger partial charge in [0.15, 0.2) is 0 Å². The molecule has 1 saturated heterocycles. The van der Waals surface area contributed by atoms with Crippen molar-refractivity contribution in [2.45, 2.75) is 32.2 Å². The van der Waals surface area contributed by atoms with Gasteiger partial charge in [0, 0.05) is 48.4 Å². The van der Waals surface area contributed by atoms with E-state index in [1.54, 1.807) is 11.2 Å². The SMILES string of the molecule is CC(CS(C)=O)NC(=O)N1CCCC(CC(=O)O)C1. The summed E-state index contributed by atoms with van der Waals surface area (Å²) in [6.45, 7) is 2.96. The molecule has 0 saturated carbocycles. The van der Waals surface area contributed by atoms with E-state index in [4.69, 9.17) is 5.11 Å². The number of nitrogens with one attached hydrogen (secondary N) is 1. The number of nitrogens with zero attached hydrogens (tertiary/aromatic N) is 1. The molecular formula is C12H22N2O4S. The van der Waals surface area contributed by atoms with Crippen molar-refractivity contribution in [2.24, 2.45) is 5.92 Å². The Morgan fingerprint density at radius 2 is 2.21 bits per heavy atom. The van der Waals surface area contributed by atoms with Crippen LogP contribution in [0, 0.1) is 5.92 Å². The van der Waals surface area contributed by atoms with E-state index in [0.717, 1.165) is 12.8 Å². The molecule has 0 aromatic heterocycles. The maximum Gasteiger partial charge on any atom is 0.317 e. The van der Waals surface area contributed by atoms with Gasteiger partial charge < -0.3 is 15.3 Å². The molecule has 6 nitrogen and oxygen atoms in total. The van der Waals surface area contributed by atoms with Gasteiger partial charge in [0.25, 0.3) is 0 Å². The minimum absolute atomic E-state index is 0.0348. The average molecular weight is 290 g/mol. The topological polar surface area (TPSA) is 86.7 Å². The van der Waals surface area contributed by atoms with Crippen LogP contribution in [0.3, 0.4) is 0 Å². The normalized spacial score (nSPS) is 22.6. The first-order valence-corrected chi connectivity index (χ1v) is 8.18. The largest absolute Gasteiger partial charge is 0.481 e. The molecule has 3 atom stereocenters. The summed E-state index contributed by atoms with van der Waals surface area (Å²) in [5.74, 6) is -0.354. The fourth-order valence-corrected chi connectivity index (χ4v) is 3.15. The predicted molar refractivity (Wildman–Crippen MR) is 73.5 cm³/mol. The molecule has 2 amide bonds. The van der Waals surface area contributed by atoms with Crippen LogP contribution in [0.1, 0.15) is 26.2 Å². The lowest BCUT2D eigenvalue weighted by Crippen LogP contribution is -2.49. The van der Waals surface area contributed by atoms with Crippen LogP contribution in [0.4, 0.5) is 4.79 Å². The summed E-state index contributed by atoms with van der Waals surface area (Å²) < 4.78 is 11.1. The summed E-state index contributed by atoms with van der Waals surface area (Å²) in [5.41, 5.74) is 0. The lowest BCUT2D eigenvalue weighted by molar-refractivity contribution is -0.138. The molecular weight excluding hydrogens is 268 g/mol. The Balaban J connectivity index is 2.43. The molecule has 2 N–H and O–H groups in total. The van der Waals surface area contributed by atoms with Gasteiger partial charge in [-0.15, -0.1) is 0 Å². The molecule has 0 aliphatic carbocycles. The summed E-state index contributed by atoms with van der Waals surface area (Å²) in [4.78, 5) is 24.3. The number of amides is 2. The number of carboxylic acids is 1. The van der Waals surface area contributed by atoms with Gasteiger partial charge in [-0.2, -0.15) is 0 Å². The molecule has 0 spiro atoms. The maximum atomic E-state index is 12.0. The van der Waals surface area contributed by atoms with E-state index < -0.39 is 16.8 Å². The van der Waals surface area contributed by atoms with Crippen LogP contribution in [0.2, 0.25) is 0 Å². The summed E-state index contributed by atoms with van der Waals surface area (Å²) in [5, 5.41) is 11.6. The quantitative estimate of drug-likeness (QED) is 0.778. The summed E-state index contributed by atoms with van der Waals surface area (Å²) in [6, 6.07) is -0.328. The van der Waals surface area contributed by atoms with Gasteiger partial charge in [0.2, 0.25) is 0 Å². The first-order chi connectivity index (χ1) is 8.88. The first-order valence-electron chi connectivity index (χ1n) is 6.45. The Hall–Kier alpha value is -1.11. The highest BCUT2D eigenvalue weighted by atomic mass is 32.2. The third-order valence-corrected chi connectivity index (χ3v) is 4.09. The Labute approximate surface area is 116 Å². The van der Waals surface area contributed by atoms with E-state index in [2.05, 4.69) is 5.32 Å². The van der Waals surface area contributed by atoms with Gasteiger partial charge in [-0.3, -0.25) is 9.00 Å². The molecule has 0 aromatic rings. The Morgan fingerprint density at radius 3 is 2.79 bits per heavy atom. The second-order valence-electron chi connectivity index (χ2n) is 5.14. The molecule has 3 unspecified atom stereocenters. The molecule has 1 aliphatic rings. The number of likely N-dealkylation sites (tertiary alicyclic amines) is 1. The summed E-state index contributed by atoms with van der Waals surface area (Å²) in [6.07, 6.45) is 3.40. The molecule has 0 bridgehead atoms. The van der Waals surface area contributed by atoms with Gasteiger partial charge >= 0.3 is 12.0 Å². The lowest BCUT2D eigenvalue weighted by Gasteiger charge is -2.33. The number of hydrogen-bond acceptors (Lipinski definition) is 3. The van der Waals surface area contributed by atoms with Crippen LogP contribution < -0.4 is 5.32 Å². The Kier molecular flexibility index (Phi) is 6.27. The van der Waals surface area contributed by atoms with Crippen molar-refractivity contribution in [2.75, 3.05) is 25.1 Å². The minimum Gasteiger partial charge on any atom is -0.481 e. The zero-order chi connectivity index (χ0) is 14.4. The van der Waals surface area contributed by atoms with Crippen molar-refractivity contribution in [3.8, 4) is 0 Å². The number of piperidine rings is 1. The fraction of sp³-hybridized carbons (Fsp3) is 0.833. The average Bonchev–Trinajstić information content (AvgIpc) is 2.27. The highest BCUT2D eigenvalue weighted by Gasteiger charge is 2.25. The van der Waals surface area contributed by atoms with Crippen LogP contribution in [0.25, 0.3) is 0 Å². The second-order valence-corrected chi connectivity index (χ2v) is 6.62. The van der Waals surface area contributed by atoms with E-state index >= 15 is 0 Å². The molecule has 1 rings (SSSR count). The lowest BCUT2D eigenvalue weighted by atomic mass is 9.95. The molecule has 1 aliphatic heterocycles. The highest BCUT2D eigenvalue weighted by Crippen LogP contribution is 2.19. The molecule has 1 heterocycles. The molecule has 0 radical (unpaired) electrons. The van der Waals surface area contributed by atoms with Crippen LogP contribution >= 0.6 is 0 Å². The van der Waals surface area contributed by atoms with Crippen molar-refractivity contribution in [3.05, 3.63) is 0 Å². The van der Waals surface area contributed by atoms with Gasteiger partial charge in [-0.05, 0) is 25.7 Å². The maximum absolute atomic E-state index is 12.0. The summed E-state index contributed by atoms with van der Waals surface area (Å²) in [7, 11) is -0.943. The Morgan fingerprint density at radius 1 is 1.53 bits per heavy atom. The molecule has 7 heteroatoms. The fourth-order valence-electron chi connectivity index (χ4n) is 2.36. The molecule has 1 fully saturated rings. The van der Waals surface area contributed by atoms with E-state index in [1.807, 2.05) is 6.92 Å². The number of carboxylic acid groups (broad SMARTS) is 1. The van der Waals surface area contributed by atoms with Crippen LogP contribution in [-0.4, -0.2) is 57.4 Å². The molecule has 110 valence electrons.